The highest BCUT2D eigenvalue weighted by atomic mass is 32.2. The molecule has 17 heavy (non-hydrogen) atoms. The van der Waals surface area contributed by atoms with Crippen LogP contribution in [0.1, 0.15) is 41.5 Å². The Balaban J connectivity index is 4.54. The third-order valence-corrected chi connectivity index (χ3v) is 4.19. The molecule has 5 heteroatoms. The molecule has 0 unspecified atom stereocenters. The molecule has 4 nitrogen and oxygen atoms in total. The van der Waals surface area contributed by atoms with Crippen LogP contribution in [0.5, 0.6) is 0 Å². The maximum Gasteiger partial charge on any atom is 0.311 e. The summed E-state index contributed by atoms with van der Waals surface area (Å²) < 4.78 is 0. The SMILES string of the molecule is CC(C)SCC(=O)NC(C)(C)C(C)(C)C(=O)O. The van der Waals surface area contributed by atoms with Crippen LogP contribution in [0.15, 0.2) is 0 Å². The monoisotopic (exact) mass is 261 g/mol. The number of hydrogen-bond donors (Lipinski definition) is 2. The van der Waals surface area contributed by atoms with Crippen LogP contribution < -0.4 is 5.32 Å². The summed E-state index contributed by atoms with van der Waals surface area (Å²) in [6, 6.07) is 0. The van der Waals surface area contributed by atoms with Gasteiger partial charge in [0.15, 0.2) is 0 Å². The van der Waals surface area contributed by atoms with Crippen LogP contribution in [0.2, 0.25) is 0 Å². The van der Waals surface area contributed by atoms with E-state index in [2.05, 4.69) is 5.32 Å². The Kier molecular flexibility index (Phi) is 5.52. The topological polar surface area (TPSA) is 66.4 Å². The Labute approximate surface area is 108 Å². The van der Waals surface area contributed by atoms with E-state index < -0.39 is 16.9 Å². The molecule has 0 aromatic heterocycles. The van der Waals surface area contributed by atoms with Crippen molar-refractivity contribution >= 4 is 23.6 Å². The first-order valence-electron chi connectivity index (χ1n) is 5.66. The standard InChI is InChI=1S/C12H23NO3S/c1-8(2)17-7-9(14)13-12(5,6)11(3,4)10(15)16/h8H,7H2,1-6H3,(H,13,14)(H,15,16). The Morgan fingerprint density at radius 1 is 1.24 bits per heavy atom. The number of rotatable bonds is 6. The van der Waals surface area contributed by atoms with Crippen LogP contribution in [-0.2, 0) is 9.59 Å². The van der Waals surface area contributed by atoms with Gasteiger partial charge in [-0.2, -0.15) is 0 Å². The molecule has 100 valence electrons. The predicted octanol–water partition coefficient (Wildman–Crippen LogP) is 2.13. The van der Waals surface area contributed by atoms with Gasteiger partial charge >= 0.3 is 5.97 Å². The van der Waals surface area contributed by atoms with Gasteiger partial charge in [-0.1, -0.05) is 13.8 Å². The molecule has 2 N–H and O–H groups in total. The van der Waals surface area contributed by atoms with E-state index in [1.165, 1.54) is 11.8 Å². The lowest BCUT2D eigenvalue weighted by atomic mass is 9.74. The number of aliphatic carboxylic acids is 1. The maximum absolute atomic E-state index is 11.7. The van der Waals surface area contributed by atoms with Crippen LogP contribution in [0, 0.1) is 5.41 Å². The second-order valence-electron chi connectivity index (χ2n) is 5.46. The van der Waals surface area contributed by atoms with E-state index in [0.29, 0.717) is 11.0 Å². The number of carboxylic acids is 1. The fraction of sp³-hybridized carbons (Fsp3) is 0.833. The molecule has 0 aliphatic carbocycles. The zero-order valence-electron chi connectivity index (χ0n) is 11.5. The van der Waals surface area contributed by atoms with Crippen LogP contribution in [0.3, 0.4) is 0 Å². The maximum atomic E-state index is 11.7. The number of nitrogens with one attached hydrogen (secondary N) is 1. The second kappa shape index (κ2) is 5.76. The molecule has 0 radical (unpaired) electrons. The van der Waals surface area contributed by atoms with Gasteiger partial charge in [0.1, 0.15) is 0 Å². The van der Waals surface area contributed by atoms with Gasteiger partial charge in [-0.05, 0) is 32.9 Å². The van der Waals surface area contributed by atoms with Crippen LogP contribution in [0.4, 0.5) is 0 Å². The van der Waals surface area contributed by atoms with Crippen molar-refractivity contribution in [3.63, 3.8) is 0 Å². The highest BCUT2D eigenvalue weighted by Gasteiger charge is 2.44. The van der Waals surface area contributed by atoms with Gasteiger partial charge in [-0.25, -0.2) is 0 Å². The summed E-state index contributed by atoms with van der Waals surface area (Å²) in [5.41, 5.74) is -1.79. The molecule has 0 aromatic rings. The second-order valence-corrected chi connectivity index (χ2v) is 7.03. The molecular formula is C12H23NO3S. The Morgan fingerprint density at radius 2 is 1.71 bits per heavy atom. The third kappa shape index (κ3) is 4.58. The summed E-state index contributed by atoms with van der Waals surface area (Å²) in [7, 11) is 0. The largest absolute Gasteiger partial charge is 0.481 e. The minimum Gasteiger partial charge on any atom is -0.481 e. The first-order valence-corrected chi connectivity index (χ1v) is 6.71. The number of hydrogen-bond acceptors (Lipinski definition) is 3. The molecule has 0 saturated heterocycles. The van der Waals surface area contributed by atoms with E-state index in [1.54, 1.807) is 27.7 Å². The van der Waals surface area contributed by atoms with Gasteiger partial charge in [-0.3, -0.25) is 9.59 Å². The summed E-state index contributed by atoms with van der Waals surface area (Å²) in [4.78, 5) is 22.9. The molecule has 1 amide bonds. The number of carbonyl (C=O) groups excluding carboxylic acids is 1. The van der Waals surface area contributed by atoms with Crippen molar-refractivity contribution in [2.45, 2.75) is 52.3 Å². The fourth-order valence-electron chi connectivity index (χ4n) is 1.05. The van der Waals surface area contributed by atoms with E-state index in [-0.39, 0.29) is 5.91 Å². The summed E-state index contributed by atoms with van der Waals surface area (Å²) in [5.74, 6) is -0.682. The Bertz CT molecular complexity index is 298. The molecule has 0 aliphatic rings. The first kappa shape index (κ1) is 16.3. The van der Waals surface area contributed by atoms with Crippen molar-refractivity contribution in [1.82, 2.24) is 5.32 Å². The zero-order chi connectivity index (χ0) is 13.9. The molecule has 0 atom stereocenters. The molecule has 0 saturated carbocycles. The summed E-state index contributed by atoms with van der Waals surface area (Å²) in [6.07, 6.45) is 0. The molecule has 0 rings (SSSR count). The number of carboxylic acid groups (broad SMARTS) is 1. The first-order chi connectivity index (χ1) is 7.50. The van der Waals surface area contributed by atoms with Crippen LogP contribution in [0.25, 0.3) is 0 Å². The van der Waals surface area contributed by atoms with Crippen molar-refractivity contribution in [2.24, 2.45) is 5.41 Å². The van der Waals surface area contributed by atoms with Gasteiger partial charge in [0.2, 0.25) is 5.91 Å². The highest BCUT2D eigenvalue weighted by Crippen LogP contribution is 2.30. The highest BCUT2D eigenvalue weighted by molar-refractivity contribution is 8.00. The molecule has 0 aliphatic heterocycles. The van der Waals surface area contributed by atoms with Gasteiger partial charge in [0, 0.05) is 5.54 Å². The lowest BCUT2D eigenvalue weighted by Gasteiger charge is -2.38. The lowest BCUT2D eigenvalue weighted by molar-refractivity contribution is -0.151. The normalized spacial score (nSPS) is 12.6. The van der Waals surface area contributed by atoms with Crippen molar-refractivity contribution in [3.05, 3.63) is 0 Å². The molecule has 0 aromatic carbocycles. The van der Waals surface area contributed by atoms with Crippen molar-refractivity contribution < 1.29 is 14.7 Å². The van der Waals surface area contributed by atoms with Gasteiger partial charge in [-0.15, -0.1) is 11.8 Å². The fourth-order valence-corrected chi connectivity index (χ4v) is 1.61. The van der Waals surface area contributed by atoms with Gasteiger partial charge < -0.3 is 10.4 Å². The minimum atomic E-state index is -1.01. The Morgan fingerprint density at radius 3 is 2.06 bits per heavy atom. The Hall–Kier alpha value is -0.710. The average molecular weight is 261 g/mol. The van der Waals surface area contributed by atoms with E-state index in [4.69, 9.17) is 5.11 Å². The van der Waals surface area contributed by atoms with E-state index >= 15 is 0 Å². The number of carbonyl (C=O) groups is 2. The van der Waals surface area contributed by atoms with Gasteiger partial charge in [0.25, 0.3) is 0 Å². The van der Waals surface area contributed by atoms with Crippen LogP contribution in [-0.4, -0.2) is 33.5 Å². The smallest absolute Gasteiger partial charge is 0.311 e. The van der Waals surface area contributed by atoms with Gasteiger partial charge in [0.05, 0.1) is 11.2 Å². The minimum absolute atomic E-state index is 0.122. The predicted molar refractivity (Wildman–Crippen MR) is 71.2 cm³/mol. The number of thioether (sulfide) groups is 1. The van der Waals surface area contributed by atoms with E-state index in [0.717, 1.165) is 0 Å². The van der Waals surface area contributed by atoms with E-state index in [9.17, 15) is 9.59 Å². The summed E-state index contributed by atoms with van der Waals surface area (Å²) >= 11 is 1.54. The van der Waals surface area contributed by atoms with E-state index in [1.807, 2.05) is 13.8 Å². The van der Waals surface area contributed by atoms with Crippen molar-refractivity contribution in [3.8, 4) is 0 Å². The zero-order valence-corrected chi connectivity index (χ0v) is 12.3. The quantitative estimate of drug-likeness (QED) is 0.768. The summed E-state index contributed by atoms with van der Waals surface area (Å²) in [6.45, 7) is 10.7. The number of amides is 1. The summed E-state index contributed by atoms with van der Waals surface area (Å²) in [5, 5.41) is 12.3. The molecule has 0 bridgehead atoms. The lowest BCUT2D eigenvalue weighted by Crippen LogP contribution is -2.57. The molecular weight excluding hydrogens is 238 g/mol. The molecule has 0 spiro atoms. The van der Waals surface area contributed by atoms with Crippen molar-refractivity contribution in [2.75, 3.05) is 5.75 Å². The third-order valence-electron chi connectivity index (χ3n) is 3.10. The van der Waals surface area contributed by atoms with Crippen LogP contribution >= 0.6 is 11.8 Å². The van der Waals surface area contributed by atoms with Crippen molar-refractivity contribution in [1.29, 1.82) is 0 Å². The molecule has 0 heterocycles. The average Bonchev–Trinajstić information content (AvgIpc) is 2.13. The molecule has 0 fully saturated rings.